The minimum Gasteiger partial charge on any atom is -0.508 e. The Bertz CT molecular complexity index is 1060. The highest BCUT2D eigenvalue weighted by Gasteiger charge is 2.21. The van der Waals surface area contributed by atoms with E-state index in [4.69, 9.17) is 5.73 Å². The molecule has 162 valence electrons. The molecule has 2 heterocycles. The van der Waals surface area contributed by atoms with Gasteiger partial charge in [0.2, 0.25) is 5.78 Å². The number of nitrogens with one attached hydrogen (secondary N) is 1. The van der Waals surface area contributed by atoms with E-state index in [0.29, 0.717) is 21.6 Å². The molecule has 1 saturated heterocycles. The largest absolute Gasteiger partial charge is 0.508 e. The Morgan fingerprint density at radius 2 is 1.90 bits per heavy atom. The number of rotatable bonds is 6. The molecule has 2 aromatic carbocycles. The first kappa shape index (κ1) is 21.1. The van der Waals surface area contributed by atoms with Crippen LogP contribution in [0.1, 0.15) is 28.1 Å². The van der Waals surface area contributed by atoms with Gasteiger partial charge in [-0.25, -0.2) is 4.98 Å². The van der Waals surface area contributed by atoms with Gasteiger partial charge in [-0.2, -0.15) is 0 Å². The number of nitrogen functional groups attached to an aromatic ring is 1. The van der Waals surface area contributed by atoms with Crippen molar-refractivity contribution in [1.82, 2.24) is 9.88 Å². The first-order chi connectivity index (χ1) is 14.9. The number of hydrogen-bond donors (Lipinski definition) is 3. The van der Waals surface area contributed by atoms with Crippen LogP contribution >= 0.6 is 11.3 Å². The molecule has 8 heteroatoms. The number of ketones is 1. The van der Waals surface area contributed by atoms with Gasteiger partial charge in [0.1, 0.15) is 16.4 Å². The molecule has 4 rings (SSSR count). The van der Waals surface area contributed by atoms with Gasteiger partial charge < -0.3 is 26.0 Å². The Hall–Kier alpha value is -3.10. The number of nitrogens with two attached hydrogens (primary N) is 1. The number of aromatic hydroxyl groups is 1. The predicted molar refractivity (Wildman–Crippen MR) is 127 cm³/mol. The van der Waals surface area contributed by atoms with Crippen LogP contribution in [0.2, 0.25) is 0 Å². The summed E-state index contributed by atoms with van der Waals surface area (Å²) >= 11 is 1.20. The number of phenols is 1. The first-order valence-electron chi connectivity index (χ1n) is 10.3. The van der Waals surface area contributed by atoms with Gasteiger partial charge in [-0.1, -0.05) is 23.5 Å². The standard InChI is InChI=1S/C23H27N5O2S/c1-27(2)17-10-12-28(13-11-17)18-8-6-16(7-9-18)25-23-26-22(24)21(31-23)20(30)15-4-3-5-19(29)14-15/h3-9,14,17,29H,10-13,24H2,1-2H3,(H,25,26). The van der Waals surface area contributed by atoms with Gasteiger partial charge >= 0.3 is 0 Å². The van der Waals surface area contributed by atoms with Gasteiger partial charge in [-0.05, 0) is 63.3 Å². The van der Waals surface area contributed by atoms with E-state index in [1.165, 1.54) is 42.0 Å². The zero-order valence-corrected chi connectivity index (χ0v) is 18.5. The monoisotopic (exact) mass is 437 g/mol. The smallest absolute Gasteiger partial charge is 0.206 e. The van der Waals surface area contributed by atoms with Crippen LogP contribution in [-0.4, -0.2) is 54.0 Å². The molecule has 0 saturated carbocycles. The van der Waals surface area contributed by atoms with Gasteiger partial charge in [0, 0.05) is 36.1 Å². The van der Waals surface area contributed by atoms with Crippen molar-refractivity contribution >= 4 is 39.4 Å². The molecule has 31 heavy (non-hydrogen) atoms. The van der Waals surface area contributed by atoms with E-state index in [0.717, 1.165) is 18.8 Å². The lowest BCUT2D eigenvalue weighted by Gasteiger charge is -2.36. The van der Waals surface area contributed by atoms with Crippen molar-refractivity contribution in [1.29, 1.82) is 0 Å². The Morgan fingerprint density at radius 3 is 2.55 bits per heavy atom. The number of carbonyl (C=O) groups is 1. The summed E-state index contributed by atoms with van der Waals surface area (Å²) in [6, 6.07) is 15.1. The lowest BCUT2D eigenvalue weighted by Crippen LogP contribution is -2.41. The van der Waals surface area contributed by atoms with Crippen molar-refractivity contribution in [2.75, 3.05) is 43.1 Å². The molecule has 4 N–H and O–H groups in total. The van der Waals surface area contributed by atoms with Crippen LogP contribution in [0.4, 0.5) is 22.3 Å². The summed E-state index contributed by atoms with van der Waals surface area (Å²) in [5.74, 6) is -0.0324. The fraction of sp³-hybridized carbons (Fsp3) is 0.304. The highest BCUT2D eigenvalue weighted by Crippen LogP contribution is 2.31. The molecule has 0 bridgehead atoms. The highest BCUT2D eigenvalue weighted by molar-refractivity contribution is 7.18. The van der Waals surface area contributed by atoms with Gasteiger partial charge in [0.15, 0.2) is 5.13 Å². The quantitative estimate of drug-likeness (QED) is 0.503. The van der Waals surface area contributed by atoms with E-state index >= 15 is 0 Å². The van der Waals surface area contributed by atoms with Gasteiger partial charge in [0.25, 0.3) is 0 Å². The molecule has 0 spiro atoms. The van der Waals surface area contributed by atoms with Gasteiger partial charge in [-0.3, -0.25) is 4.79 Å². The Kier molecular flexibility index (Phi) is 6.11. The molecule has 1 aliphatic heterocycles. The maximum atomic E-state index is 12.7. The van der Waals surface area contributed by atoms with Crippen LogP contribution < -0.4 is 16.0 Å². The molecule has 0 unspecified atom stereocenters. The average molecular weight is 438 g/mol. The molecule has 0 radical (unpaired) electrons. The number of nitrogens with zero attached hydrogens (tertiary/aromatic N) is 3. The van der Waals surface area contributed by atoms with Crippen molar-refractivity contribution in [2.45, 2.75) is 18.9 Å². The van der Waals surface area contributed by atoms with Crippen LogP contribution in [-0.2, 0) is 0 Å². The van der Waals surface area contributed by atoms with Gasteiger partial charge in [-0.15, -0.1) is 0 Å². The lowest BCUT2D eigenvalue weighted by atomic mass is 10.0. The SMILES string of the molecule is CN(C)C1CCN(c2ccc(Nc3nc(N)c(C(=O)c4cccc(O)c4)s3)cc2)CC1. The molecular weight excluding hydrogens is 410 g/mol. The van der Waals surface area contributed by atoms with E-state index in [1.807, 2.05) is 12.1 Å². The second-order valence-corrected chi connectivity index (χ2v) is 8.97. The number of carbonyl (C=O) groups excluding carboxylic acids is 1. The molecule has 0 amide bonds. The Balaban J connectivity index is 1.42. The summed E-state index contributed by atoms with van der Waals surface area (Å²) in [7, 11) is 4.30. The van der Waals surface area contributed by atoms with Crippen LogP contribution in [0.15, 0.2) is 48.5 Å². The lowest BCUT2D eigenvalue weighted by molar-refractivity contribution is 0.104. The van der Waals surface area contributed by atoms with E-state index in [2.05, 4.69) is 46.3 Å². The number of phenolic OH excluding ortho intramolecular Hbond substituents is 1. The molecule has 7 nitrogen and oxygen atoms in total. The van der Waals surface area contributed by atoms with E-state index < -0.39 is 0 Å². The molecule has 1 aliphatic rings. The normalized spacial score (nSPS) is 14.7. The molecule has 0 atom stereocenters. The van der Waals surface area contributed by atoms with Crippen molar-refractivity contribution in [2.24, 2.45) is 0 Å². The molecule has 0 aliphatic carbocycles. The maximum absolute atomic E-state index is 12.7. The summed E-state index contributed by atoms with van der Waals surface area (Å²) in [6.45, 7) is 2.11. The summed E-state index contributed by atoms with van der Waals surface area (Å²) in [4.78, 5) is 22.1. The number of anilines is 4. The van der Waals surface area contributed by atoms with Crippen molar-refractivity contribution < 1.29 is 9.90 Å². The number of piperidine rings is 1. The minimum absolute atomic E-state index is 0.0401. The zero-order valence-electron chi connectivity index (χ0n) is 17.7. The number of hydrogen-bond acceptors (Lipinski definition) is 8. The number of aromatic nitrogens is 1. The van der Waals surface area contributed by atoms with Crippen molar-refractivity contribution in [3.05, 3.63) is 59.0 Å². The first-order valence-corrected chi connectivity index (χ1v) is 11.1. The van der Waals surface area contributed by atoms with E-state index in [1.54, 1.807) is 12.1 Å². The van der Waals surface area contributed by atoms with E-state index in [-0.39, 0.29) is 17.4 Å². The van der Waals surface area contributed by atoms with Crippen molar-refractivity contribution in [3.63, 3.8) is 0 Å². The predicted octanol–water partition coefficient (Wildman–Crippen LogP) is 3.94. The third kappa shape index (κ3) is 4.81. The summed E-state index contributed by atoms with van der Waals surface area (Å²) in [6.07, 6.45) is 2.34. The third-order valence-electron chi connectivity index (χ3n) is 5.65. The number of benzene rings is 2. The summed E-state index contributed by atoms with van der Waals surface area (Å²) in [5, 5.41) is 13.4. The van der Waals surface area contributed by atoms with Gasteiger partial charge in [0.05, 0.1) is 0 Å². The topological polar surface area (TPSA) is 94.7 Å². The Labute approximate surface area is 186 Å². The molecule has 1 aromatic heterocycles. The molecule has 1 fully saturated rings. The summed E-state index contributed by atoms with van der Waals surface area (Å²) < 4.78 is 0. The fourth-order valence-electron chi connectivity index (χ4n) is 3.85. The fourth-order valence-corrected chi connectivity index (χ4v) is 4.71. The van der Waals surface area contributed by atoms with Crippen molar-refractivity contribution in [3.8, 4) is 5.75 Å². The van der Waals surface area contributed by atoms with Crippen LogP contribution in [0, 0.1) is 0 Å². The highest BCUT2D eigenvalue weighted by atomic mass is 32.1. The minimum atomic E-state index is -0.254. The molecule has 3 aromatic rings. The summed E-state index contributed by atoms with van der Waals surface area (Å²) in [5.41, 5.74) is 8.47. The van der Waals surface area contributed by atoms with Crippen LogP contribution in [0.3, 0.4) is 0 Å². The maximum Gasteiger partial charge on any atom is 0.206 e. The van der Waals surface area contributed by atoms with Crippen LogP contribution in [0.5, 0.6) is 5.75 Å². The Morgan fingerprint density at radius 1 is 1.19 bits per heavy atom. The average Bonchev–Trinajstić information content (AvgIpc) is 3.13. The third-order valence-corrected chi connectivity index (χ3v) is 6.63. The second-order valence-electron chi connectivity index (χ2n) is 7.97. The van der Waals surface area contributed by atoms with Crippen LogP contribution in [0.25, 0.3) is 0 Å². The number of thiazole rings is 1. The van der Waals surface area contributed by atoms with E-state index in [9.17, 15) is 9.90 Å². The molecular formula is C23H27N5O2S. The zero-order chi connectivity index (χ0) is 22.0. The second kappa shape index (κ2) is 8.95.